The van der Waals surface area contributed by atoms with Crippen LogP contribution in [0.2, 0.25) is 0 Å². The minimum atomic E-state index is -0.290. The van der Waals surface area contributed by atoms with Gasteiger partial charge in [0.25, 0.3) is 0 Å². The van der Waals surface area contributed by atoms with Gasteiger partial charge in [0.1, 0.15) is 23.1 Å². The van der Waals surface area contributed by atoms with E-state index in [-0.39, 0.29) is 17.9 Å². The van der Waals surface area contributed by atoms with E-state index >= 15 is 0 Å². The molecule has 3 aliphatic rings. The molecule has 1 saturated heterocycles. The predicted molar refractivity (Wildman–Crippen MR) is 134 cm³/mol. The lowest BCUT2D eigenvalue weighted by Gasteiger charge is -2.36. The van der Waals surface area contributed by atoms with Crippen LogP contribution in [0.1, 0.15) is 17.7 Å². The number of furan rings is 1. The molecule has 2 aliphatic carbocycles. The molecule has 2 fully saturated rings. The number of hydrogen-bond acceptors (Lipinski definition) is 8. The zero-order valence-electron chi connectivity index (χ0n) is 19.7. The standard InChI is InChI=1S/C27H25FN6O2/c1-30-22-8-16(28)7-19-18(22)9-23-25(19)26(34-12-15-6-21(29)20(15)13-34)33-27(32-23)36-17-5-14(10-31-11-17)24-3-2-4-35-24/h2-5,7-8,10-11,15,20-21,30H,6,9,12-13,29H2,1H3/t15?,20?,21-/m1/s1. The molecule has 0 radical (unpaired) electrons. The van der Waals surface area contributed by atoms with Crippen LogP contribution < -0.4 is 20.7 Å². The summed E-state index contributed by atoms with van der Waals surface area (Å²) >= 11 is 0. The van der Waals surface area contributed by atoms with Crippen molar-refractivity contribution in [2.45, 2.75) is 18.9 Å². The van der Waals surface area contributed by atoms with Gasteiger partial charge in [-0.25, -0.2) is 4.39 Å². The van der Waals surface area contributed by atoms with Crippen molar-refractivity contribution in [1.82, 2.24) is 15.0 Å². The first kappa shape index (κ1) is 21.3. The highest BCUT2D eigenvalue weighted by Gasteiger charge is 2.46. The van der Waals surface area contributed by atoms with E-state index < -0.39 is 0 Å². The van der Waals surface area contributed by atoms with E-state index in [1.807, 2.05) is 18.2 Å². The van der Waals surface area contributed by atoms with E-state index in [9.17, 15) is 4.39 Å². The molecular weight excluding hydrogens is 459 g/mol. The van der Waals surface area contributed by atoms with E-state index in [2.05, 4.69) is 15.2 Å². The Morgan fingerprint density at radius 1 is 1.19 bits per heavy atom. The molecule has 7 rings (SSSR count). The fourth-order valence-corrected chi connectivity index (χ4v) is 5.88. The summed E-state index contributed by atoms with van der Waals surface area (Å²) in [5, 5.41) is 3.13. The molecule has 4 aromatic rings. The second kappa shape index (κ2) is 8.03. The van der Waals surface area contributed by atoms with Crippen LogP contribution in [0.25, 0.3) is 22.5 Å². The number of halogens is 1. The van der Waals surface area contributed by atoms with Crippen LogP contribution in [-0.4, -0.2) is 41.1 Å². The highest BCUT2D eigenvalue weighted by Crippen LogP contribution is 2.48. The first-order valence-electron chi connectivity index (χ1n) is 12.2. The third-order valence-corrected chi connectivity index (χ3v) is 7.69. The fraction of sp³-hybridized carbons (Fsp3) is 0.296. The lowest BCUT2D eigenvalue weighted by molar-refractivity contribution is 0.194. The number of aromatic nitrogens is 3. The number of anilines is 2. The number of nitrogens with two attached hydrogens (primary N) is 1. The number of rotatable bonds is 5. The largest absolute Gasteiger partial charge is 0.464 e. The van der Waals surface area contributed by atoms with E-state index in [0.717, 1.165) is 59.0 Å². The van der Waals surface area contributed by atoms with Crippen LogP contribution in [0.5, 0.6) is 11.8 Å². The highest BCUT2D eigenvalue weighted by molar-refractivity contribution is 5.88. The van der Waals surface area contributed by atoms with Crippen molar-refractivity contribution in [2.24, 2.45) is 17.6 Å². The van der Waals surface area contributed by atoms with Gasteiger partial charge in [-0.3, -0.25) is 4.98 Å². The molecule has 9 heteroatoms. The first-order valence-corrected chi connectivity index (χ1v) is 12.2. The fourth-order valence-electron chi connectivity index (χ4n) is 5.88. The van der Waals surface area contributed by atoms with Gasteiger partial charge in [0.2, 0.25) is 0 Å². The molecule has 1 saturated carbocycles. The Morgan fingerprint density at radius 3 is 2.89 bits per heavy atom. The summed E-state index contributed by atoms with van der Waals surface area (Å²) in [5.41, 5.74) is 11.4. The maximum absolute atomic E-state index is 14.6. The molecule has 4 heterocycles. The molecule has 36 heavy (non-hydrogen) atoms. The van der Waals surface area contributed by atoms with Crippen molar-refractivity contribution >= 4 is 11.5 Å². The molecule has 0 bridgehead atoms. The molecule has 2 unspecified atom stereocenters. The van der Waals surface area contributed by atoms with Gasteiger partial charge in [-0.1, -0.05) is 0 Å². The molecule has 0 spiro atoms. The smallest absolute Gasteiger partial charge is 0.324 e. The van der Waals surface area contributed by atoms with Crippen LogP contribution in [0.4, 0.5) is 15.9 Å². The zero-order chi connectivity index (χ0) is 24.4. The lowest BCUT2D eigenvalue weighted by Crippen LogP contribution is -2.46. The van der Waals surface area contributed by atoms with Gasteiger partial charge in [0.15, 0.2) is 0 Å². The van der Waals surface area contributed by atoms with Crippen LogP contribution >= 0.6 is 0 Å². The summed E-state index contributed by atoms with van der Waals surface area (Å²) in [7, 11) is 1.80. The first-order chi connectivity index (χ1) is 17.6. The van der Waals surface area contributed by atoms with Crippen LogP contribution in [0.3, 0.4) is 0 Å². The number of ether oxygens (including phenoxy) is 1. The SMILES string of the molecule is CNc1cc(F)cc2c1Cc1nc(Oc3cncc(-c4ccco4)c3)nc(N3CC4C[C@@H](N)C4C3)c1-2. The number of nitrogens with one attached hydrogen (secondary N) is 1. The monoisotopic (exact) mass is 484 g/mol. The van der Waals surface area contributed by atoms with Gasteiger partial charge < -0.3 is 25.1 Å². The number of nitrogens with zero attached hydrogens (tertiary/aromatic N) is 4. The Bertz CT molecular complexity index is 1470. The number of benzene rings is 1. The highest BCUT2D eigenvalue weighted by atomic mass is 19.1. The summed E-state index contributed by atoms with van der Waals surface area (Å²) in [4.78, 5) is 16.2. The summed E-state index contributed by atoms with van der Waals surface area (Å²) in [6, 6.07) is 9.12. The number of hydrogen-bond donors (Lipinski definition) is 2. The quantitative estimate of drug-likeness (QED) is 0.377. The van der Waals surface area contributed by atoms with Crippen molar-refractivity contribution < 1.29 is 13.5 Å². The minimum Gasteiger partial charge on any atom is -0.464 e. The third-order valence-electron chi connectivity index (χ3n) is 7.69. The average Bonchev–Trinajstić information content (AvgIpc) is 3.60. The molecule has 0 amide bonds. The Balaban J connectivity index is 1.31. The van der Waals surface area contributed by atoms with Crippen molar-refractivity contribution in [2.75, 3.05) is 30.4 Å². The topological polar surface area (TPSA) is 102 Å². The third kappa shape index (κ3) is 3.34. The normalized spacial score (nSPS) is 21.5. The van der Waals surface area contributed by atoms with Crippen LogP contribution in [-0.2, 0) is 6.42 Å². The molecular formula is C27H25FN6O2. The van der Waals surface area contributed by atoms with Crippen molar-refractivity contribution in [1.29, 1.82) is 0 Å². The van der Waals surface area contributed by atoms with Gasteiger partial charge >= 0.3 is 6.01 Å². The van der Waals surface area contributed by atoms with Gasteiger partial charge in [-0.05, 0) is 59.7 Å². The van der Waals surface area contributed by atoms with Crippen molar-refractivity contribution in [3.05, 3.63) is 66.1 Å². The van der Waals surface area contributed by atoms with Gasteiger partial charge in [0, 0.05) is 55.6 Å². The maximum atomic E-state index is 14.6. The lowest BCUT2D eigenvalue weighted by atomic mass is 9.72. The van der Waals surface area contributed by atoms with Gasteiger partial charge in [-0.2, -0.15) is 9.97 Å². The Kier molecular flexibility index (Phi) is 4.75. The Morgan fingerprint density at radius 2 is 2.11 bits per heavy atom. The molecule has 1 aliphatic heterocycles. The maximum Gasteiger partial charge on any atom is 0.324 e. The molecule has 3 atom stereocenters. The zero-order valence-corrected chi connectivity index (χ0v) is 19.7. The summed E-state index contributed by atoms with van der Waals surface area (Å²) in [6.07, 6.45) is 6.55. The van der Waals surface area contributed by atoms with E-state index in [4.69, 9.17) is 24.9 Å². The van der Waals surface area contributed by atoms with E-state index in [0.29, 0.717) is 29.8 Å². The minimum absolute atomic E-state index is 0.224. The van der Waals surface area contributed by atoms with Crippen molar-refractivity contribution in [3.63, 3.8) is 0 Å². The molecule has 3 N–H and O–H groups in total. The van der Waals surface area contributed by atoms with Crippen LogP contribution in [0, 0.1) is 17.7 Å². The second-order valence-corrected chi connectivity index (χ2v) is 9.77. The van der Waals surface area contributed by atoms with Gasteiger partial charge in [0.05, 0.1) is 18.2 Å². The molecule has 3 aromatic heterocycles. The van der Waals surface area contributed by atoms with Crippen molar-refractivity contribution in [3.8, 4) is 34.2 Å². The second-order valence-electron chi connectivity index (χ2n) is 9.77. The predicted octanol–water partition coefficient (Wildman–Crippen LogP) is 4.46. The summed E-state index contributed by atoms with van der Waals surface area (Å²) in [5.74, 6) is 2.71. The molecule has 1 aromatic carbocycles. The average molecular weight is 485 g/mol. The number of fused-ring (bicyclic) bond motifs is 4. The Hall–Kier alpha value is -3.98. The molecule has 8 nitrogen and oxygen atoms in total. The Labute approximate surface area is 207 Å². The number of pyridine rings is 1. The van der Waals surface area contributed by atoms with E-state index in [1.165, 1.54) is 6.07 Å². The van der Waals surface area contributed by atoms with Gasteiger partial charge in [-0.15, -0.1) is 0 Å². The summed E-state index contributed by atoms with van der Waals surface area (Å²) in [6.45, 7) is 1.70. The summed E-state index contributed by atoms with van der Waals surface area (Å²) < 4.78 is 26.2. The molecule has 182 valence electrons. The van der Waals surface area contributed by atoms with Crippen LogP contribution in [0.15, 0.2) is 53.4 Å². The van der Waals surface area contributed by atoms with E-state index in [1.54, 1.807) is 31.8 Å².